The van der Waals surface area contributed by atoms with Crippen LogP contribution in [-0.2, 0) is 14.1 Å². The van der Waals surface area contributed by atoms with Crippen molar-refractivity contribution in [2.24, 2.45) is 0 Å². The first-order valence-corrected chi connectivity index (χ1v) is 2.34. The summed E-state index contributed by atoms with van der Waals surface area (Å²) in [4.78, 5) is 0. The summed E-state index contributed by atoms with van der Waals surface area (Å²) >= 11 is 0. The minimum absolute atomic E-state index is 3.52. The molecule has 0 aliphatic rings. The fourth-order valence-corrected chi connectivity index (χ4v) is 0. The molecule has 0 aromatic carbocycles. The van der Waals surface area contributed by atoms with Crippen molar-refractivity contribution in [3.63, 3.8) is 0 Å². The van der Waals surface area contributed by atoms with Crippen molar-refractivity contribution in [2.45, 2.75) is 0 Å². The number of rotatable bonds is 0. The van der Waals surface area contributed by atoms with E-state index in [-0.39, 0.29) is 0 Å². The molecule has 0 aromatic rings. The zero-order valence-electron chi connectivity index (χ0n) is 11.3. The highest BCUT2D eigenvalue weighted by atomic mass is 32.3. The molecule has 0 saturated heterocycles. The summed E-state index contributed by atoms with van der Waals surface area (Å²) in [5.41, 5.74) is 0. The third kappa shape index (κ3) is 853. The first-order chi connectivity index (χ1) is 5.75. The Hall–Kier alpha value is 0.150. The van der Waals surface area contributed by atoms with Crippen LogP contribution in [0.2, 0.25) is 0 Å². The lowest BCUT2D eigenvalue weighted by molar-refractivity contribution is 0.594. The van der Waals surface area contributed by atoms with E-state index in [0.29, 0.717) is 0 Å². The van der Waals surface area contributed by atoms with E-state index in [9.17, 15) is 4.21 Å². The van der Waals surface area contributed by atoms with E-state index in [0.717, 1.165) is 0 Å². The molecule has 0 bridgehead atoms. The van der Waals surface area contributed by atoms with E-state index in [1.807, 2.05) is 0 Å². The first-order valence-electron chi connectivity index (χ1n) is 5.28. The molecular formula is C3H9OS+. The molecule has 0 heterocycles. The molecule has 0 saturated carbocycles. The fourth-order valence-electron chi connectivity index (χ4n) is 0. The molecule has 0 rings (SSSR count). The van der Waals surface area contributed by atoms with Gasteiger partial charge in [0.25, 0.3) is 0 Å². The maximum Gasteiger partial charge on any atom is 0.101 e. The predicted octanol–water partition coefficient (Wildman–Crippen LogP) is 0.375. The average molecular weight is 105 g/mol. The van der Waals surface area contributed by atoms with Gasteiger partial charge in [-0.2, -0.15) is 0 Å². The van der Waals surface area contributed by atoms with Gasteiger partial charge < -0.3 is 0 Å². The molecule has 5 heavy (non-hydrogen) atoms. The molecule has 2 heteroatoms. The van der Waals surface area contributed by atoms with Crippen LogP contribution in [0.4, 0.5) is 0 Å². The molecule has 0 radical (unpaired) electrons. The molecule has 0 spiro atoms. The van der Waals surface area contributed by atoms with Gasteiger partial charge in [-0.3, -0.25) is 0 Å². The van der Waals surface area contributed by atoms with Crippen LogP contribution in [0.3, 0.4) is 0 Å². The van der Waals surface area contributed by atoms with E-state index in [1.165, 1.54) is 0 Å². The van der Waals surface area contributed by atoms with Gasteiger partial charge >= 0.3 is 0 Å². The maximum atomic E-state index is 11.6. The van der Waals surface area contributed by atoms with Crippen molar-refractivity contribution in [3.05, 3.63) is 0 Å². The van der Waals surface area contributed by atoms with Crippen molar-refractivity contribution < 1.29 is 16.5 Å². The van der Waals surface area contributed by atoms with Gasteiger partial charge in [0.15, 0.2) is 0 Å². The maximum absolute atomic E-state index is 11.6. The van der Waals surface area contributed by atoms with Crippen molar-refractivity contribution in [1.29, 1.82) is 0 Å². The highest BCUT2D eigenvalue weighted by molar-refractivity contribution is 8.00. The largest absolute Gasteiger partial charge is 0.107 e. The monoisotopic (exact) mass is 105 g/mol. The van der Waals surface area contributed by atoms with Crippen molar-refractivity contribution in [3.8, 4) is 0 Å². The van der Waals surface area contributed by atoms with Crippen molar-refractivity contribution in [1.82, 2.24) is 0 Å². The van der Waals surface area contributed by atoms with Crippen LogP contribution < -0.4 is 0 Å². The topological polar surface area (TPSA) is 17.1 Å². The molecule has 0 aliphatic heterocycles. The van der Waals surface area contributed by atoms with Crippen LogP contribution in [0.1, 0.15) is 12.3 Å². The van der Waals surface area contributed by atoms with Gasteiger partial charge in [-0.05, 0) is 0 Å². The lowest BCUT2D eigenvalue weighted by Crippen LogP contribution is -1.97. The van der Waals surface area contributed by atoms with E-state index in [2.05, 4.69) is 0 Å². The van der Waals surface area contributed by atoms with Crippen LogP contribution >= 0.6 is 0 Å². The van der Waals surface area contributed by atoms with Gasteiger partial charge in [0.2, 0.25) is 0 Å². The summed E-state index contributed by atoms with van der Waals surface area (Å²) in [7, 11) is -4.94. The molecule has 0 fully saturated rings. The third-order valence-electron chi connectivity index (χ3n) is 0. The van der Waals surface area contributed by atoms with E-state index in [4.69, 9.17) is 12.3 Å². The number of hydrogen-bond donors (Lipinski definition) is 0. The minimum atomic E-state index is -4.94. The normalized spacial score (nSPS) is 46.0. The Bertz CT molecular complexity index is 212. The molecule has 0 N–H and O–H groups in total. The Morgan fingerprint density at radius 1 is 1.60 bits per heavy atom. The van der Waals surface area contributed by atoms with Crippen molar-refractivity contribution >= 4 is 9.93 Å². The second-order valence-electron chi connectivity index (χ2n) is 0.556. The SMILES string of the molecule is [2H][13C]([2H])([2H])[S+](=O)([13C]([2H])([2H])[2H])[13C]([2H])([2H])[2H]. The molecule has 0 amide bonds. The minimum Gasteiger partial charge on any atom is -0.107 e. The zero-order chi connectivity index (χ0) is 12.0. The Morgan fingerprint density at radius 3 is 2.00 bits per heavy atom. The van der Waals surface area contributed by atoms with Crippen LogP contribution in [0, 0.1) is 0 Å². The fraction of sp³-hybridized carbons (Fsp3) is 1.00. The number of hydrogen-bond acceptors (Lipinski definition) is 1. The van der Waals surface area contributed by atoms with Crippen LogP contribution in [0.5, 0.6) is 0 Å². The third-order valence-corrected chi connectivity index (χ3v) is 0. The Kier molecular flexibility index (Phi) is 0.112. The molecule has 0 aliphatic carbocycles. The molecule has 0 aromatic heterocycles. The standard InChI is InChI=1S/C3H9OS/c1-5(2,3)4/h1-3H3/q+1/i1+1D3,2+1D3,3+1D3. The molecule has 1 nitrogen and oxygen atoms in total. The van der Waals surface area contributed by atoms with Gasteiger partial charge in [-0.25, -0.2) is 0 Å². The smallest absolute Gasteiger partial charge is 0.101 e. The predicted molar refractivity (Wildman–Crippen MR) is 25.8 cm³/mol. The summed E-state index contributed by atoms with van der Waals surface area (Å²) in [6.45, 7) is 0. The van der Waals surface area contributed by atoms with Gasteiger partial charge in [-0.15, -0.1) is 4.21 Å². The zero-order valence-corrected chi connectivity index (χ0v) is 3.13. The summed E-state index contributed by atoms with van der Waals surface area (Å²) in [6.07, 6.45) is -10.6. The summed E-state index contributed by atoms with van der Waals surface area (Å²) in [5.74, 6) is 0. The highest BCUT2D eigenvalue weighted by Crippen LogP contribution is 1.78. The Balaban J connectivity index is 5.69. The molecule has 0 unspecified atom stereocenters. The highest BCUT2D eigenvalue weighted by Gasteiger charge is 1.95. The van der Waals surface area contributed by atoms with Gasteiger partial charge in [0.05, 0.1) is 22.3 Å². The van der Waals surface area contributed by atoms with Crippen LogP contribution in [0.15, 0.2) is 0 Å². The second-order valence-corrected chi connectivity index (χ2v) is 1.67. The lowest BCUT2D eigenvalue weighted by Gasteiger charge is -1.80. The molecule has 32 valence electrons. The molecular weight excluding hydrogens is 87.1 g/mol. The van der Waals surface area contributed by atoms with Gasteiger partial charge in [-0.1, -0.05) is 0 Å². The van der Waals surface area contributed by atoms with E-state index < -0.39 is 28.5 Å². The lowest BCUT2D eigenvalue weighted by atomic mass is 12.8. The quantitative estimate of drug-likeness (QED) is 0.321. The molecule has 0 atom stereocenters. The van der Waals surface area contributed by atoms with Crippen molar-refractivity contribution in [2.75, 3.05) is 18.6 Å². The first kappa shape index (κ1) is 0.513. The van der Waals surface area contributed by atoms with Gasteiger partial charge in [0.1, 0.15) is 18.6 Å². The second kappa shape index (κ2) is 1.09. The van der Waals surface area contributed by atoms with Gasteiger partial charge in [0, 0.05) is 0 Å². The summed E-state index contributed by atoms with van der Waals surface area (Å²) in [6, 6.07) is 0. The van der Waals surface area contributed by atoms with E-state index >= 15 is 0 Å². The average Bonchev–Trinajstić information content (AvgIpc) is 1.77. The summed E-state index contributed by atoms with van der Waals surface area (Å²) in [5, 5.41) is 0. The van der Waals surface area contributed by atoms with Crippen LogP contribution in [0.25, 0.3) is 0 Å². The van der Waals surface area contributed by atoms with Crippen LogP contribution in [-0.4, -0.2) is 18.6 Å². The van der Waals surface area contributed by atoms with E-state index in [1.54, 1.807) is 0 Å². The Labute approximate surface area is 46.5 Å². The summed E-state index contributed by atoms with van der Waals surface area (Å²) < 4.78 is 72.2. The Morgan fingerprint density at radius 2 is 2.00 bits per heavy atom.